The molecule has 140 valence electrons. The fraction of sp³-hybridized carbons (Fsp3) is 0.250. The summed E-state index contributed by atoms with van der Waals surface area (Å²) in [4.78, 5) is 20.4. The minimum atomic E-state index is -0.133. The van der Waals surface area contributed by atoms with Crippen molar-refractivity contribution in [1.29, 1.82) is 0 Å². The van der Waals surface area contributed by atoms with Gasteiger partial charge in [-0.1, -0.05) is 35.5 Å². The van der Waals surface area contributed by atoms with E-state index in [0.29, 0.717) is 23.8 Å². The number of aliphatic hydroxyl groups excluding tert-OH is 1. The zero-order valence-electron chi connectivity index (χ0n) is 15.4. The topological polar surface area (TPSA) is 82.7 Å². The second-order valence-corrected chi connectivity index (χ2v) is 6.23. The minimum absolute atomic E-state index is 0.0784. The highest BCUT2D eigenvalue weighted by atomic mass is 16.5. The molecule has 3 rings (SSSR count). The van der Waals surface area contributed by atoms with Crippen molar-refractivity contribution in [3.05, 3.63) is 66.1 Å². The third-order valence-electron chi connectivity index (χ3n) is 4.21. The first-order chi connectivity index (χ1) is 13.1. The summed E-state index contributed by atoms with van der Waals surface area (Å²) in [7, 11) is 3.58. The molecule has 7 heteroatoms. The predicted octanol–water partition coefficient (Wildman–Crippen LogP) is 2.44. The van der Waals surface area contributed by atoms with Crippen LogP contribution in [-0.2, 0) is 6.54 Å². The Kier molecular flexibility index (Phi) is 5.83. The van der Waals surface area contributed by atoms with E-state index >= 15 is 0 Å². The number of hydrogen-bond donors (Lipinski definition) is 1. The van der Waals surface area contributed by atoms with Crippen LogP contribution >= 0.6 is 0 Å². The molecule has 0 spiro atoms. The van der Waals surface area contributed by atoms with Gasteiger partial charge in [0, 0.05) is 37.5 Å². The van der Waals surface area contributed by atoms with Gasteiger partial charge in [-0.15, -0.1) is 0 Å². The van der Waals surface area contributed by atoms with Gasteiger partial charge in [-0.05, 0) is 24.3 Å². The molecule has 0 aliphatic carbocycles. The van der Waals surface area contributed by atoms with Crippen LogP contribution in [0.5, 0.6) is 0 Å². The average Bonchev–Trinajstić information content (AvgIpc) is 3.17. The largest absolute Gasteiger partial charge is 0.395 e. The lowest BCUT2D eigenvalue weighted by molar-refractivity contribution is 0.0769. The summed E-state index contributed by atoms with van der Waals surface area (Å²) < 4.78 is 5.27. The molecule has 2 aromatic carbocycles. The van der Waals surface area contributed by atoms with Crippen LogP contribution in [-0.4, -0.2) is 53.3 Å². The Morgan fingerprint density at radius 2 is 1.78 bits per heavy atom. The van der Waals surface area contributed by atoms with Crippen LogP contribution in [0.3, 0.4) is 0 Å². The second kappa shape index (κ2) is 8.46. The van der Waals surface area contributed by atoms with Crippen molar-refractivity contribution in [3.8, 4) is 11.4 Å². The highest BCUT2D eigenvalue weighted by molar-refractivity contribution is 5.94. The summed E-state index contributed by atoms with van der Waals surface area (Å²) in [5.41, 5.74) is 2.37. The Hall–Kier alpha value is -3.19. The molecule has 0 aliphatic rings. The van der Waals surface area contributed by atoms with Crippen LogP contribution in [0, 0.1) is 0 Å². The maximum atomic E-state index is 12.6. The van der Waals surface area contributed by atoms with E-state index in [4.69, 9.17) is 9.63 Å². The van der Waals surface area contributed by atoms with Gasteiger partial charge in [0.05, 0.1) is 13.2 Å². The Labute approximate surface area is 157 Å². The van der Waals surface area contributed by atoms with Gasteiger partial charge in [-0.25, -0.2) is 0 Å². The highest BCUT2D eigenvalue weighted by Gasteiger charge is 2.16. The van der Waals surface area contributed by atoms with Crippen molar-refractivity contribution >= 4 is 11.6 Å². The molecular formula is C20H22N4O3. The van der Waals surface area contributed by atoms with Gasteiger partial charge >= 0.3 is 0 Å². The number of rotatable bonds is 7. The van der Waals surface area contributed by atoms with Gasteiger partial charge in [0.15, 0.2) is 0 Å². The quantitative estimate of drug-likeness (QED) is 0.692. The van der Waals surface area contributed by atoms with Crippen molar-refractivity contribution in [2.24, 2.45) is 0 Å². The Morgan fingerprint density at radius 3 is 2.44 bits per heavy atom. The van der Waals surface area contributed by atoms with Crippen LogP contribution in [0.15, 0.2) is 59.1 Å². The standard InChI is InChI=1S/C20H22N4O3/c1-23(12-13-25)17-10-8-16(9-11-17)20(26)24(2)14-18-21-19(22-27-18)15-6-4-3-5-7-15/h3-11,25H,12-14H2,1-2H3. The van der Waals surface area contributed by atoms with E-state index in [0.717, 1.165) is 11.3 Å². The molecule has 0 saturated carbocycles. The molecule has 3 aromatic rings. The average molecular weight is 366 g/mol. The van der Waals surface area contributed by atoms with E-state index in [1.807, 2.05) is 54.4 Å². The normalized spacial score (nSPS) is 10.6. The molecule has 0 unspecified atom stereocenters. The lowest BCUT2D eigenvalue weighted by Crippen LogP contribution is -2.26. The van der Waals surface area contributed by atoms with Crippen molar-refractivity contribution in [2.45, 2.75) is 6.54 Å². The molecular weight excluding hydrogens is 344 g/mol. The summed E-state index contributed by atoms with van der Waals surface area (Å²) in [5, 5.41) is 13.0. The van der Waals surface area contributed by atoms with Crippen LogP contribution in [0.1, 0.15) is 16.2 Å². The van der Waals surface area contributed by atoms with E-state index in [9.17, 15) is 4.79 Å². The van der Waals surface area contributed by atoms with Crippen LogP contribution in [0.4, 0.5) is 5.69 Å². The van der Waals surface area contributed by atoms with Crippen LogP contribution < -0.4 is 4.90 Å². The molecule has 0 atom stereocenters. The molecule has 0 fully saturated rings. The van der Waals surface area contributed by atoms with Gasteiger partial charge in [-0.2, -0.15) is 4.98 Å². The number of carbonyl (C=O) groups is 1. The third kappa shape index (κ3) is 4.51. The SMILES string of the molecule is CN(Cc1nc(-c2ccccc2)no1)C(=O)c1ccc(N(C)CCO)cc1. The number of benzene rings is 2. The first kappa shape index (κ1) is 18.6. The molecule has 1 amide bonds. The van der Waals surface area contributed by atoms with Gasteiger partial charge in [-0.3, -0.25) is 4.79 Å². The molecule has 0 aliphatic heterocycles. The zero-order chi connectivity index (χ0) is 19.2. The van der Waals surface area contributed by atoms with Gasteiger partial charge < -0.3 is 19.4 Å². The molecule has 7 nitrogen and oxygen atoms in total. The van der Waals surface area contributed by atoms with Crippen molar-refractivity contribution in [3.63, 3.8) is 0 Å². The van der Waals surface area contributed by atoms with Gasteiger partial charge in [0.25, 0.3) is 5.91 Å². The van der Waals surface area contributed by atoms with Crippen molar-refractivity contribution in [1.82, 2.24) is 15.0 Å². The summed E-state index contributed by atoms with van der Waals surface area (Å²) in [6.07, 6.45) is 0. The molecule has 1 heterocycles. The fourth-order valence-electron chi connectivity index (χ4n) is 2.66. The second-order valence-electron chi connectivity index (χ2n) is 6.23. The number of aliphatic hydroxyl groups is 1. The molecule has 0 radical (unpaired) electrons. The maximum Gasteiger partial charge on any atom is 0.254 e. The third-order valence-corrected chi connectivity index (χ3v) is 4.21. The minimum Gasteiger partial charge on any atom is -0.395 e. The van der Waals surface area contributed by atoms with Gasteiger partial charge in [0.1, 0.15) is 0 Å². The highest BCUT2D eigenvalue weighted by Crippen LogP contribution is 2.17. The summed E-state index contributed by atoms with van der Waals surface area (Å²) in [6, 6.07) is 16.8. The predicted molar refractivity (Wildman–Crippen MR) is 102 cm³/mol. The Balaban J connectivity index is 1.65. The number of amides is 1. The molecule has 1 aromatic heterocycles. The van der Waals surface area contributed by atoms with E-state index < -0.39 is 0 Å². The van der Waals surface area contributed by atoms with E-state index in [1.165, 1.54) is 4.90 Å². The number of carbonyl (C=O) groups excluding carboxylic acids is 1. The Morgan fingerprint density at radius 1 is 1.07 bits per heavy atom. The Bertz CT molecular complexity index is 878. The number of nitrogens with zero attached hydrogens (tertiary/aromatic N) is 4. The fourth-order valence-corrected chi connectivity index (χ4v) is 2.66. The van der Waals surface area contributed by atoms with Crippen molar-refractivity contribution < 1.29 is 14.4 Å². The summed E-state index contributed by atoms with van der Waals surface area (Å²) >= 11 is 0. The maximum absolute atomic E-state index is 12.6. The van der Waals surface area contributed by atoms with Crippen molar-refractivity contribution in [2.75, 3.05) is 32.1 Å². The monoisotopic (exact) mass is 366 g/mol. The zero-order valence-corrected chi connectivity index (χ0v) is 15.4. The first-order valence-electron chi connectivity index (χ1n) is 8.64. The number of aromatic nitrogens is 2. The number of hydrogen-bond acceptors (Lipinski definition) is 6. The molecule has 0 bridgehead atoms. The van der Waals surface area contributed by atoms with Crippen LogP contribution in [0.25, 0.3) is 11.4 Å². The summed E-state index contributed by atoms with van der Waals surface area (Å²) in [6.45, 7) is 0.841. The smallest absolute Gasteiger partial charge is 0.254 e. The molecule has 0 saturated heterocycles. The lowest BCUT2D eigenvalue weighted by Gasteiger charge is -2.19. The number of anilines is 1. The van der Waals surface area contributed by atoms with Gasteiger partial charge in [0.2, 0.25) is 11.7 Å². The molecule has 1 N–H and O–H groups in total. The lowest BCUT2D eigenvalue weighted by atomic mass is 10.1. The van der Waals surface area contributed by atoms with E-state index in [2.05, 4.69) is 10.1 Å². The summed E-state index contributed by atoms with van der Waals surface area (Å²) in [5.74, 6) is 0.748. The van der Waals surface area contributed by atoms with E-state index in [1.54, 1.807) is 19.2 Å². The van der Waals surface area contributed by atoms with Crippen LogP contribution in [0.2, 0.25) is 0 Å². The van der Waals surface area contributed by atoms with E-state index in [-0.39, 0.29) is 19.1 Å². The number of likely N-dealkylation sites (N-methyl/N-ethyl adjacent to an activating group) is 1. The molecule has 27 heavy (non-hydrogen) atoms. The first-order valence-corrected chi connectivity index (χ1v) is 8.64.